The zero-order chi connectivity index (χ0) is 13.8. The number of amidine groups is 1. The number of nitrogens with two attached hydrogens (primary N) is 1. The van der Waals surface area contributed by atoms with E-state index in [1.165, 1.54) is 12.1 Å². The minimum absolute atomic E-state index is 0.0181. The Labute approximate surface area is 115 Å². The van der Waals surface area contributed by atoms with Gasteiger partial charge in [-0.2, -0.15) is 0 Å². The SMILES string of the molecule is N=C(N)c1ccccc1OCc1c(F)cccc1Cl. The van der Waals surface area contributed by atoms with Gasteiger partial charge in [0.05, 0.1) is 10.6 Å². The first-order chi connectivity index (χ1) is 9.09. The monoisotopic (exact) mass is 278 g/mol. The summed E-state index contributed by atoms with van der Waals surface area (Å²) in [7, 11) is 0. The van der Waals surface area contributed by atoms with Crippen LogP contribution in [0.3, 0.4) is 0 Å². The number of hydrogen-bond donors (Lipinski definition) is 2. The van der Waals surface area contributed by atoms with Crippen LogP contribution >= 0.6 is 11.6 Å². The van der Waals surface area contributed by atoms with Crippen molar-refractivity contribution in [2.75, 3.05) is 0 Å². The van der Waals surface area contributed by atoms with Gasteiger partial charge in [-0.15, -0.1) is 0 Å². The zero-order valence-electron chi connectivity index (χ0n) is 9.99. The van der Waals surface area contributed by atoms with Crippen molar-refractivity contribution < 1.29 is 9.13 Å². The zero-order valence-corrected chi connectivity index (χ0v) is 10.7. The Balaban J connectivity index is 2.22. The lowest BCUT2D eigenvalue weighted by Gasteiger charge is -2.11. The molecule has 0 aromatic heterocycles. The Morgan fingerprint density at radius 1 is 1.21 bits per heavy atom. The summed E-state index contributed by atoms with van der Waals surface area (Å²) in [6, 6.07) is 11.3. The third-order valence-electron chi connectivity index (χ3n) is 2.61. The van der Waals surface area contributed by atoms with Gasteiger partial charge < -0.3 is 10.5 Å². The van der Waals surface area contributed by atoms with Gasteiger partial charge in [-0.05, 0) is 24.3 Å². The Hall–Kier alpha value is -2.07. The Kier molecular flexibility index (Phi) is 4.02. The smallest absolute Gasteiger partial charge is 0.131 e. The second kappa shape index (κ2) is 5.71. The van der Waals surface area contributed by atoms with Gasteiger partial charge in [-0.3, -0.25) is 5.41 Å². The third-order valence-corrected chi connectivity index (χ3v) is 2.97. The van der Waals surface area contributed by atoms with E-state index in [0.717, 1.165) is 0 Å². The van der Waals surface area contributed by atoms with Crippen LogP contribution in [0.5, 0.6) is 5.75 Å². The van der Waals surface area contributed by atoms with Crippen LogP contribution in [0.25, 0.3) is 0 Å². The molecule has 0 atom stereocenters. The lowest BCUT2D eigenvalue weighted by molar-refractivity contribution is 0.299. The average Bonchev–Trinajstić information content (AvgIpc) is 2.38. The fourth-order valence-corrected chi connectivity index (χ4v) is 1.85. The summed E-state index contributed by atoms with van der Waals surface area (Å²) in [6.45, 7) is -0.0181. The number of benzene rings is 2. The summed E-state index contributed by atoms with van der Waals surface area (Å²) < 4.78 is 19.1. The fourth-order valence-electron chi connectivity index (χ4n) is 1.64. The van der Waals surface area contributed by atoms with Gasteiger partial charge in [0, 0.05) is 5.56 Å². The Morgan fingerprint density at radius 2 is 1.95 bits per heavy atom. The summed E-state index contributed by atoms with van der Waals surface area (Å²) in [4.78, 5) is 0. The molecule has 0 spiro atoms. The van der Waals surface area contributed by atoms with E-state index in [2.05, 4.69) is 0 Å². The van der Waals surface area contributed by atoms with E-state index in [9.17, 15) is 4.39 Å². The van der Waals surface area contributed by atoms with Gasteiger partial charge in [0.15, 0.2) is 0 Å². The summed E-state index contributed by atoms with van der Waals surface area (Å²) in [6.07, 6.45) is 0. The molecule has 5 heteroatoms. The molecule has 3 nitrogen and oxygen atoms in total. The molecule has 0 saturated heterocycles. The molecule has 0 bridgehead atoms. The van der Waals surface area contributed by atoms with Gasteiger partial charge in [-0.25, -0.2) is 4.39 Å². The highest BCUT2D eigenvalue weighted by atomic mass is 35.5. The predicted molar refractivity (Wildman–Crippen MR) is 73.2 cm³/mol. The number of rotatable bonds is 4. The van der Waals surface area contributed by atoms with Gasteiger partial charge in [0.25, 0.3) is 0 Å². The second-order valence-electron chi connectivity index (χ2n) is 3.90. The fraction of sp³-hybridized carbons (Fsp3) is 0.0714. The van der Waals surface area contributed by atoms with E-state index in [1.54, 1.807) is 30.3 Å². The lowest BCUT2D eigenvalue weighted by atomic mass is 10.2. The van der Waals surface area contributed by atoms with Crippen LogP contribution < -0.4 is 10.5 Å². The summed E-state index contributed by atoms with van der Waals surface area (Å²) in [5, 5.41) is 7.75. The average molecular weight is 279 g/mol. The first kappa shape index (κ1) is 13.4. The molecule has 0 radical (unpaired) electrons. The maximum atomic E-state index is 13.6. The van der Waals surface area contributed by atoms with Crippen molar-refractivity contribution in [1.29, 1.82) is 5.41 Å². The molecule has 0 saturated carbocycles. The van der Waals surface area contributed by atoms with E-state index >= 15 is 0 Å². The van der Waals surface area contributed by atoms with Crippen LogP contribution in [0.2, 0.25) is 5.02 Å². The number of hydrogen-bond acceptors (Lipinski definition) is 2. The molecule has 0 aliphatic rings. The van der Waals surface area contributed by atoms with Crippen molar-refractivity contribution >= 4 is 17.4 Å². The van der Waals surface area contributed by atoms with Crippen molar-refractivity contribution in [3.8, 4) is 5.75 Å². The largest absolute Gasteiger partial charge is 0.488 e. The van der Waals surface area contributed by atoms with Crippen molar-refractivity contribution in [2.24, 2.45) is 5.73 Å². The Morgan fingerprint density at radius 3 is 2.63 bits per heavy atom. The van der Waals surface area contributed by atoms with Crippen LogP contribution in [0.4, 0.5) is 4.39 Å². The second-order valence-corrected chi connectivity index (χ2v) is 4.31. The molecule has 0 fully saturated rings. The Bertz CT molecular complexity index is 596. The van der Waals surface area contributed by atoms with Crippen molar-refractivity contribution in [3.05, 3.63) is 64.4 Å². The highest BCUT2D eigenvalue weighted by Crippen LogP contribution is 2.23. The molecule has 2 rings (SSSR count). The van der Waals surface area contributed by atoms with Crippen LogP contribution in [-0.4, -0.2) is 5.84 Å². The number of ether oxygens (including phenoxy) is 1. The molecule has 98 valence electrons. The number of nitrogens with one attached hydrogen (secondary N) is 1. The first-order valence-electron chi connectivity index (χ1n) is 5.58. The first-order valence-corrected chi connectivity index (χ1v) is 5.96. The maximum Gasteiger partial charge on any atom is 0.131 e. The molecule has 0 unspecified atom stereocenters. The standard InChI is InChI=1S/C14H12ClFN2O/c15-11-5-3-6-12(16)10(11)8-19-13-7-2-1-4-9(13)14(17)18/h1-7H,8H2,(H3,17,18). The molecular weight excluding hydrogens is 267 g/mol. The lowest BCUT2D eigenvalue weighted by Crippen LogP contribution is -2.13. The normalized spacial score (nSPS) is 10.2. The highest BCUT2D eigenvalue weighted by Gasteiger charge is 2.10. The molecule has 0 aliphatic heterocycles. The molecule has 2 aromatic carbocycles. The molecular formula is C14H12ClFN2O. The quantitative estimate of drug-likeness (QED) is 0.666. The minimum Gasteiger partial charge on any atom is -0.488 e. The van der Waals surface area contributed by atoms with Crippen molar-refractivity contribution in [3.63, 3.8) is 0 Å². The third kappa shape index (κ3) is 3.03. The molecule has 2 aromatic rings. The molecule has 0 aliphatic carbocycles. The summed E-state index contributed by atoms with van der Waals surface area (Å²) in [5.74, 6) is -0.0997. The van der Waals surface area contributed by atoms with Gasteiger partial charge in [0.1, 0.15) is 24.0 Å². The van der Waals surface area contributed by atoms with E-state index in [4.69, 9.17) is 27.5 Å². The van der Waals surface area contributed by atoms with Gasteiger partial charge in [-0.1, -0.05) is 29.8 Å². The number of para-hydroxylation sites is 1. The minimum atomic E-state index is -0.423. The number of halogens is 2. The molecule has 0 amide bonds. The summed E-state index contributed by atoms with van der Waals surface area (Å²) >= 11 is 5.91. The van der Waals surface area contributed by atoms with Gasteiger partial charge in [0.2, 0.25) is 0 Å². The predicted octanol–water partition coefficient (Wildman–Crippen LogP) is 3.34. The summed E-state index contributed by atoms with van der Waals surface area (Å²) in [5.41, 5.74) is 6.19. The van der Waals surface area contributed by atoms with E-state index in [1.807, 2.05) is 0 Å². The van der Waals surface area contributed by atoms with Crippen LogP contribution in [-0.2, 0) is 6.61 Å². The van der Waals surface area contributed by atoms with Gasteiger partial charge >= 0.3 is 0 Å². The topological polar surface area (TPSA) is 59.1 Å². The molecule has 0 heterocycles. The van der Waals surface area contributed by atoms with Crippen LogP contribution in [0, 0.1) is 11.2 Å². The van der Waals surface area contributed by atoms with E-state index in [0.29, 0.717) is 16.3 Å². The van der Waals surface area contributed by atoms with Crippen molar-refractivity contribution in [1.82, 2.24) is 0 Å². The van der Waals surface area contributed by atoms with E-state index in [-0.39, 0.29) is 18.0 Å². The maximum absolute atomic E-state index is 13.6. The highest BCUT2D eigenvalue weighted by molar-refractivity contribution is 6.31. The van der Waals surface area contributed by atoms with E-state index < -0.39 is 5.82 Å². The molecule has 3 N–H and O–H groups in total. The number of nitrogen functional groups attached to an aromatic ring is 1. The van der Waals surface area contributed by atoms with Crippen LogP contribution in [0.1, 0.15) is 11.1 Å². The molecule has 19 heavy (non-hydrogen) atoms. The van der Waals surface area contributed by atoms with Crippen molar-refractivity contribution in [2.45, 2.75) is 6.61 Å². The van der Waals surface area contributed by atoms with Crippen LogP contribution in [0.15, 0.2) is 42.5 Å².